The molecule has 0 aromatic carbocycles. The van der Waals surface area contributed by atoms with Crippen molar-refractivity contribution in [2.75, 3.05) is 27.3 Å². The molecule has 0 radical (unpaired) electrons. The van der Waals surface area contributed by atoms with Crippen molar-refractivity contribution >= 4 is 11.3 Å². The van der Waals surface area contributed by atoms with E-state index in [0.29, 0.717) is 0 Å². The summed E-state index contributed by atoms with van der Waals surface area (Å²) in [4.78, 5) is 5.73. The lowest BCUT2D eigenvalue weighted by molar-refractivity contribution is 0.202. The normalized spacial score (nSPS) is 10.7. The van der Waals surface area contributed by atoms with Crippen molar-refractivity contribution in [1.29, 1.82) is 0 Å². The standard InChI is InChI=1S/C10H18N2OS/c1-11-6-3-4-9-8-12-10(14-9)5-7-13-2/h8,11H,3-7H2,1-2H3. The second-order valence-corrected chi connectivity index (χ2v) is 4.37. The fraction of sp³-hybridized carbons (Fsp3) is 0.700. The monoisotopic (exact) mass is 214 g/mol. The summed E-state index contributed by atoms with van der Waals surface area (Å²) < 4.78 is 5.01. The van der Waals surface area contributed by atoms with Crippen LogP contribution < -0.4 is 5.32 Å². The van der Waals surface area contributed by atoms with E-state index in [0.717, 1.165) is 26.0 Å². The molecule has 0 spiro atoms. The van der Waals surface area contributed by atoms with Gasteiger partial charge in [-0.25, -0.2) is 4.98 Å². The van der Waals surface area contributed by atoms with Gasteiger partial charge in [0.15, 0.2) is 0 Å². The molecule has 4 heteroatoms. The maximum absolute atomic E-state index is 5.01. The van der Waals surface area contributed by atoms with Crippen LogP contribution in [0.4, 0.5) is 0 Å². The minimum atomic E-state index is 0.767. The number of rotatable bonds is 7. The van der Waals surface area contributed by atoms with Gasteiger partial charge in [-0.3, -0.25) is 0 Å². The van der Waals surface area contributed by atoms with Gasteiger partial charge in [-0.2, -0.15) is 0 Å². The second-order valence-electron chi connectivity index (χ2n) is 3.17. The number of hydrogen-bond donors (Lipinski definition) is 1. The van der Waals surface area contributed by atoms with Crippen molar-refractivity contribution in [2.45, 2.75) is 19.3 Å². The maximum Gasteiger partial charge on any atom is 0.0950 e. The second kappa shape index (κ2) is 6.92. The summed E-state index contributed by atoms with van der Waals surface area (Å²) in [6.45, 7) is 1.84. The van der Waals surface area contributed by atoms with Crippen LogP contribution in [0.1, 0.15) is 16.3 Å². The molecule has 0 fully saturated rings. The van der Waals surface area contributed by atoms with E-state index in [1.54, 1.807) is 18.4 Å². The first-order chi connectivity index (χ1) is 6.86. The van der Waals surface area contributed by atoms with E-state index in [1.807, 2.05) is 13.2 Å². The number of aryl methyl sites for hydroxylation is 1. The molecule has 1 rings (SSSR count). The average Bonchev–Trinajstić information content (AvgIpc) is 2.63. The van der Waals surface area contributed by atoms with Crippen molar-refractivity contribution in [3.63, 3.8) is 0 Å². The zero-order valence-electron chi connectivity index (χ0n) is 8.88. The molecular formula is C10H18N2OS. The van der Waals surface area contributed by atoms with Crippen LogP contribution in [0.5, 0.6) is 0 Å². The van der Waals surface area contributed by atoms with Gasteiger partial charge in [0.1, 0.15) is 0 Å². The molecule has 80 valence electrons. The fourth-order valence-corrected chi connectivity index (χ4v) is 2.15. The van der Waals surface area contributed by atoms with Crippen LogP contribution in [0.15, 0.2) is 6.20 Å². The Bertz CT molecular complexity index is 250. The highest BCUT2D eigenvalue weighted by atomic mass is 32.1. The van der Waals surface area contributed by atoms with Crippen LogP contribution in [0.3, 0.4) is 0 Å². The molecular weight excluding hydrogens is 196 g/mol. The van der Waals surface area contributed by atoms with Crippen LogP contribution >= 0.6 is 11.3 Å². The summed E-state index contributed by atoms with van der Waals surface area (Å²) >= 11 is 1.80. The predicted molar refractivity (Wildman–Crippen MR) is 59.9 cm³/mol. The molecule has 1 aromatic rings. The molecule has 0 aliphatic carbocycles. The number of ether oxygens (including phenoxy) is 1. The maximum atomic E-state index is 5.01. The largest absolute Gasteiger partial charge is 0.384 e. The van der Waals surface area contributed by atoms with E-state index >= 15 is 0 Å². The van der Waals surface area contributed by atoms with Gasteiger partial charge in [0, 0.05) is 24.6 Å². The molecule has 0 atom stereocenters. The van der Waals surface area contributed by atoms with E-state index in [4.69, 9.17) is 4.74 Å². The molecule has 0 aliphatic rings. The number of methoxy groups -OCH3 is 1. The number of hydrogen-bond acceptors (Lipinski definition) is 4. The zero-order chi connectivity index (χ0) is 10.2. The van der Waals surface area contributed by atoms with Crippen LogP contribution in [0, 0.1) is 0 Å². The van der Waals surface area contributed by atoms with Crippen molar-refractivity contribution in [3.05, 3.63) is 16.1 Å². The van der Waals surface area contributed by atoms with Crippen LogP contribution in [0.2, 0.25) is 0 Å². The summed E-state index contributed by atoms with van der Waals surface area (Å²) in [5.74, 6) is 0. The van der Waals surface area contributed by atoms with E-state index in [2.05, 4.69) is 10.3 Å². The fourth-order valence-electron chi connectivity index (χ4n) is 1.21. The van der Waals surface area contributed by atoms with Gasteiger partial charge in [-0.15, -0.1) is 11.3 Å². The molecule has 14 heavy (non-hydrogen) atoms. The van der Waals surface area contributed by atoms with Gasteiger partial charge in [-0.05, 0) is 26.4 Å². The van der Waals surface area contributed by atoms with Crippen molar-refractivity contribution in [1.82, 2.24) is 10.3 Å². The Kier molecular flexibility index (Phi) is 5.75. The first kappa shape index (κ1) is 11.6. The van der Waals surface area contributed by atoms with Gasteiger partial charge in [0.05, 0.1) is 11.6 Å². The molecule has 0 saturated carbocycles. The van der Waals surface area contributed by atoms with Crippen molar-refractivity contribution < 1.29 is 4.74 Å². The summed E-state index contributed by atoms with van der Waals surface area (Å²) in [7, 11) is 3.71. The molecule has 0 aliphatic heterocycles. The lowest BCUT2D eigenvalue weighted by Gasteiger charge is -1.96. The third-order valence-corrected chi connectivity index (χ3v) is 3.09. The number of nitrogens with one attached hydrogen (secondary N) is 1. The predicted octanol–water partition coefficient (Wildman–Crippen LogP) is 1.48. The topological polar surface area (TPSA) is 34.2 Å². The van der Waals surface area contributed by atoms with Crippen LogP contribution in [0.25, 0.3) is 0 Å². The van der Waals surface area contributed by atoms with Crippen molar-refractivity contribution in [2.24, 2.45) is 0 Å². The smallest absolute Gasteiger partial charge is 0.0950 e. The molecule has 1 heterocycles. The quantitative estimate of drug-likeness (QED) is 0.698. The van der Waals surface area contributed by atoms with Crippen LogP contribution in [-0.2, 0) is 17.6 Å². The Balaban J connectivity index is 2.27. The SMILES string of the molecule is CNCCCc1cnc(CCOC)s1. The van der Waals surface area contributed by atoms with Gasteiger partial charge in [0.25, 0.3) is 0 Å². The third kappa shape index (κ3) is 4.17. The summed E-state index contributed by atoms with van der Waals surface area (Å²) in [6.07, 6.45) is 5.24. The Morgan fingerprint density at radius 2 is 2.36 bits per heavy atom. The first-order valence-electron chi connectivity index (χ1n) is 4.94. The summed E-state index contributed by atoms with van der Waals surface area (Å²) in [5, 5.41) is 4.33. The van der Waals surface area contributed by atoms with E-state index in [9.17, 15) is 0 Å². The number of thiazole rings is 1. The average molecular weight is 214 g/mol. The van der Waals surface area contributed by atoms with E-state index in [1.165, 1.54) is 16.3 Å². The van der Waals surface area contributed by atoms with Crippen LogP contribution in [-0.4, -0.2) is 32.3 Å². The Hall–Kier alpha value is -0.450. The molecule has 3 nitrogen and oxygen atoms in total. The minimum absolute atomic E-state index is 0.767. The molecule has 0 saturated heterocycles. The van der Waals surface area contributed by atoms with E-state index in [-0.39, 0.29) is 0 Å². The zero-order valence-corrected chi connectivity index (χ0v) is 9.69. The summed E-state index contributed by atoms with van der Waals surface area (Å²) in [5.41, 5.74) is 0. The van der Waals surface area contributed by atoms with E-state index < -0.39 is 0 Å². The first-order valence-corrected chi connectivity index (χ1v) is 5.75. The number of aromatic nitrogens is 1. The third-order valence-electron chi connectivity index (χ3n) is 1.97. The lowest BCUT2D eigenvalue weighted by Crippen LogP contribution is -2.07. The Labute approximate surface area is 89.5 Å². The Morgan fingerprint density at radius 1 is 1.50 bits per heavy atom. The van der Waals surface area contributed by atoms with Crippen molar-refractivity contribution in [3.8, 4) is 0 Å². The number of nitrogens with zero attached hydrogens (tertiary/aromatic N) is 1. The van der Waals surface area contributed by atoms with Gasteiger partial charge in [-0.1, -0.05) is 0 Å². The van der Waals surface area contributed by atoms with Gasteiger partial charge < -0.3 is 10.1 Å². The minimum Gasteiger partial charge on any atom is -0.384 e. The summed E-state index contributed by atoms with van der Waals surface area (Å²) in [6, 6.07) is 0. The molecule has 0 amide bonds. The lowest BCUT2D eigenvalue weighted by atomic mass is 10.3. The molecule has 1 N–H and O–H groups in total. The highest BCUT2D eigenvalue weighted by Crippen LogP contribution is 2.14. The highest BCUT2D eigenvalue weighted by Gasteiger charge is 2.01. The molecule has 0 bridgehead atoms. The molecule has 1 aromatic heterocycles. The van der Waals surface area contributed by atoms with Gasteiger partial charge in [0.2, 0.25) is 0 Å². The molecule has 0 unspecified atom stereocenters. The highest BCUT2D eigenvalue weighted by molar-refractivity contribution is 7.11. The Morgan fingerprint density at radius 3 is 3.07 bits per heavy atom. The van der Waals surface area contributed by atoms with Gasteiger partial charge >= 0.3 is 0 Å².